The van der Waals surface area contributed by atoms with E-state index in [-0.39, 0.29) is 21.7 Å². The summed E-state index contributed by atoms with van der Waals surface area (Å²) in [6.45, 7) is 36.9. The normalized spacial score (nSPS) is 13.1. The lowest BCUT2D eigenvalue weighted by Crippen LogP contribution is -2.10. The Morgan fingerprint density at radius 3 is 1.15 bits per heavy atom. The van der Waals surface area contributed by atoms with Gasteiger partial charge in [0.2, 0.25) is 0 Å². The zero-order chi connectivity index (χ0) is 48.3. The summed E-state index contributed by atoms with van der Waals surface area (Å²) in [6.07, 6.45) is -4.46. The Labute approximate surface area is 393 Å². The molecule has 67 heavy (non-hydrogen) atoms. The first-order valence-corrected chi connectivity index (χ1v) is 23.3. The standard InChI is InChI=1S/C61H60F3N3/c1-36-29-42(61(62,63)64)16-23-44(36)37-15-22-45(56(30-37)67-53-26-19-40(59(8,9)10)33-48(53)49-34-41(60(11,12)13)20-27-54(49)67)50-35-43(65-14)21-28-55(50)66-51-24-17-38(57(2,3)4)31-46(51)47-32-39(58(5,6)7)18-25-52(47)66/h15-35H,1-13H3. The van der Waals surface area contributed by atoms with E-state index in [1.165, 1.54) is 34.4 Å². The molecule has 0 aliphatic rings. The predicted octanol–water partition coefficient (Wildman–Crippen LogP) is 18.3. The Hall–Kier alpha value is -6.58. The smallest absolute Gasteiger partial charge is 0.309 e. The summed E-state index contributed by atoms with van der Waals surface area (Å²) < 4.78 is 46.7. The molecule has 2 heterocycles. The van der Waals surface area contributed by atoms with Crippen LogP contribution in [0.1, 0.15) is 116 Å². The quantitative estimate of drug-likeness (QED) is 0.156. The third-order valence-corrected chi connectivity index (χ3v) is 13.7. The van der Waals surface area contributed by atoms with Gasteiger partial charge in [0.1, 0.15) is 0 Å². The van der Waals surface area contributed by atoms with Gasteiger partial charge in [-0.1, -0.05) is 132 Å². The molecule has 0 aliphatic heterocycles. The fourth-order valence-corrected chi connectivity index (χ4v) is 9.71. The molecule has 0 amide bonds. The molecule has 0 saturated heterocycles. The summed E-state index contributed by atoms with van der Waals surface area (Å²) in [5.41, 5.74) is 14.1. The molecule has 0 fully saturated rings. The molecule has 0 N–H and O–H groups in total. The van der Waals surface area contributed by atoms with Gasteiger partial charge < -0.3 is 9.13 Å². The van der Waals surface area contributed by atoms with E-state index in [2.05, 4.69) is 188 Å². The van der Waals surface area contributed by atoms with Crippen LogP contribution in [-0.4, -0.2) is 9.13 Å². The van der Waals surface area contributed by atoms with E-state index in [4.69, 9.17) is 6.57 Å². The first-order valence-electron chi connectivity index (χ1n) is 23.3. The highest BCUT2D eigenvalue weighted by molar-refractivity contribution is 6.12. The molecule has 0 aliphatic carbocycles. The van der Waals surface area contributed by atoms with Crippen LogP contribution < -0.4 is 0 Å². The minimum absolute atomic E-state index is 0.0711. The first-order chi connectivity index (χ1) is 31.2. The van der Waals surface area contributed by atoms with Crippen molar-refractivity contribution in [3.05, 3.63) is 172 Å². The summed E-state index contributed by atoms with van der Waals surface area (Å²) >= 11 is 0. The summed E-state index contributed by atoms with van der Waals surface area (Å²) in [7, 11) is 0. The average molecular weight is 892 g/mol. The van der Waals surface area contributed by atoms with E-state index in [0.29, 0.717) is 16.8 Å². The number of aromatic nitrogens is 2. The van der Waals surface area contributed by atoms with Crippen molar-refractivity contribution in [2.24, 2.45) is 0 Å². The van der Waals surface area contributed by atoms with Crippen molar-refractivity contribution in [3.63, 3.8) is 0 Å². The number of fused-ring (bicyclic) bond motifs is 6. The van der Waals surface area contributed by atoms with Gasteiger partial charge in [0.05, 0.1) is 45.6 Å². The molecule has 3 nitrogen and oxygen atoms in total. The lowest BCUT2D eigenvalue weighted by Gasteiger charge is -2.22. The van der Waals surface area contributed by atoms with Crippen LogP contribution in [0.2, 0.25) is 0 Å². The van der Waals surface area contributed by atoms with E-state index in [1.807, 2.05) is 18.2 Å². The highest BCUT2D eigenvalue weighted by Crippen LogP contribution is 2.46. The Morgan fingerprint density at radius 2 is 0.776 bits per heavy atom. The Morgan fingerprint density at radius 1 is 0.388 bits per heavy atom. The van der Waals surface area contributed by atoms with E-state index in [0.717, 1.165) is 71.7 Å². The molecule has 7 aromatic carbocycles. The largest absolute Gasteiger partial charge is 0.416 e. The van der Waals surface area contributed by atoms with Crippen LogP contribution in [0.5, 0.6) is 0 Å². The number of nitrogens with zero attached hydrogens (tertiary/aromatic N) is 3. The summed E-state index contributed by atoms with van der Waals surface area (Å²) in [5.74, 6) is 0. The highest BCUT2D eigenvalue weighted by atomic mass is 19.4. The molecular weight excluding hydrogens is 832 g/mol. The van der Waals surface area contributed by atoms with Crippen molar-refractivity contribution in [3.8, 4) is 33.6 Å². The van der Waals surface area contributed by atoms with Gasteiger partial charge in [-0.25, -0.2) is 4.85 Å². The van der Waals surface area contributed by atoms with Gasteiger partial charge in [-0.05, 0) is 152 Å². The van der Waals surface area contributed by atoms with E-state index < -0.39 is 11.7 Å². The summed E-state index contributed by atoms with van der Waals surface area (Å²) in [6, 6.07) is 43.4. The fraction of sp³-hybridized carbons (Fsp3) is 0.295. The third-order valence-electron chi connectivity index (χ3n) is 13.7. The SMILES string of the molecule is [C-]#[N+]c1ccc(-n2c3ccc(C(C)(C)C)cc3c3cc(C(C)(C)C)ccc32)c(-c2ccc(-c3ccc(C(F)(F)F)cc3C)cc2-n2c3ccc(C(C)(C)C)cc3c3cc(C(C)(C)C)ccc32)c1. The van der Waals surface area contributed by atoms with Crippen LogP contribution in [-0.2, 0) is 27.8 Å². The van der Waals surface area contributed by atoms with Crippen molar-refractivity contribution >= 4 is 49.3 Å². The average Bonchev–Trinajstić information content (AvgIpc) is 3.75. The van der Waals surface area contributed by atoms with Crippen LogP contribution in [0.15, 0.2) is 127 Å². The van der Waals surface area contributed by atoms with Gasteiger partial charge in [0.25, 0.3) is 0 Å². The third kappa shape index (κ3) is 8.01. The molecule has 340 valence electrons. The molecule has 0 atom stereocenters. The van der Waals surface area contributed by atoms with Gasteiger partial charge in [-0.2, -0.15) is 13.2 Å². The molecule has 0 spiro atoms. The Kier molecular flexibility index (Phi) is 10.5. The van der Waals surface area contributed by atoms with Crippen LogP contribution in [0.4, 0.5) is 18.9 Å². The van der Waals surface area contributed by atoms with Crippen LogP contribution >= 0.6 is 0 Å². The second kappa shape index (κ2) is 15.5. The van der Waals surface area contributed by atoms with Crippen molar-refractivity contribution in [2.45, 2.75) is 118 Å². The van der Waals surface area contributed by atoms with E-state index in [9.17, 15) is 13.2 Å². The Bertz CT molecular complexity index is 3360. The molecule has 0 radical (unpaired) electrons. The number of halogens is 3. The summed E-state index contributed by atoms with van der Waals surface area (Å²) in [4.78, 5) is 3.99. The number of alkyl halides is 3. The lowest BCUT2D eigenvalue weighted by molar-refractivity contribution is -0.137. The summed E-state index contributed by atoms with van der Waals surface area (Å²) in [5, 5.41) is 4.57. The van der Waals surface area contributed by atoms with E-state index >= 15 is 0 Å². The molecule has 2 aromatic heterocycles. The van der Waals surface area contributed by atoms with Crippen molar-refractivity contribution in [1.82, 2.24) is 9.13 Å². The highest BCUT2D eigenvalue weighted by Gasteiger charge is 2.31. The minimum Gasteiger partial charge on any atom is -0.309 e. The number of hydrogen-bond donors (Lipinski definition) is 0. The first kappa shape index (κ1) is 45.6. The monoisotopic (exact) mass is 891 g/mol. The maximum atomic E-state index is 14.0. The molecule has 0 bridgehead atoms. The van der Waals surface area contributed by atoms with Gasteiger partial charge in [0, 0.05) is 27.1 Å². The number of rotatable bonds is 4. The van der Waals surface area contributed by atoms with E-state index in [1.54, 1.807) is 13.0 Å². The second-order valence-electron chi connectivity index (χ2n) is 22.7. The lowest BCUT2D eigenvalue weighted by atomic mass is 9.85. The number of aryl methyl sites for hydroxylation is 1. The maximum absolute atomic E-state index is 14.0. The Balaban J connectivity index is 1.42. The minimum atomic E-state index is -4.46. The molecule has 0 saturated carbocycles. The van der Waals surface area contributed by atoms with Gasteiger partial charge >= 0.3 is 6.18 Å². The van der Waals surface area contributed by atoms with Gasteiger partial charge in [-0.3, -0.25) is 0 Å². The van der Waals surface area contributed by atoms with Gasteiger partial charge in [-0.15, -0.1) is 0 Å². The van der Waals surface area contributed by atoms with Crippen LogP contribution in [0, 0.1) is 13.5 Å². The van der Waals surface area contributed by atoms with Crippen molar-refractivity contribution in [2.75, 3.05) is 0 Å². The van der Waals surface area contributed by atoms with Crippen LogP contribution in [0.25, 0.3) is 82.1 Å². The van der Waals surface area contributed by atoms with Crippen molar-refractivity contribution < 1.29 is 13.2 Å². The number of hydrogen-bond acceptors (Lipinski definition) is 0. The zero-order valence-corrected chi connectivity index (χ0v) is 41.1. The molecular formula is C61H60F3N3. The molecule has 9 rings (SSSR count). The van der Waals surface area contributed by atoms with Crippen molar-refractivity contribution in [1.29, 1.82) is 0 Å². The molecule has 0 unspecified atom stereocenters. The molecule has 9 aromatic rings. The number of benzene rings is 7. The van der Waals surface area contributed by atoms with Gasteiger partial charge in [0.15, 0.2) is 5.69 Å². The predicted molar refractivity (Wildman–Crippen MR) is 277 cm³/mol. The zero-order valence-electron chi connectivity index (χ0n) is 41.1. The molecule has 6 heteroatoms. The fourth-order valence-electron chi connectivity index (χ4n) is 9.71. The topological polar surface area (TPSA) is 14.2 Å². The second-order valence-corrected chi connectivity index (χ2v) is 22.7. The van der Waals surface area contributed by atoms with Crippen LogP contribution in [0.3, 0.4) is 0 Å². The maximum Gasteiger partial charge on any atom is 0.416 e.